The molecule has 0 saturated heterocycles. The van der Waals surface area contributed by atoms with Crippen molar-refractivity contribution in [3.8, 4) is 34.6 Å². The van der Waals surface area contributed by atoms with Crippen molar-refractivity contribution in [2.75, 3.05) is 40.6 Å². The first-order valence-corrected chi connectivity index (χ1v) is 11.9. The standard InChI is InChI=1S/C26H28N4O7/c1-4-35-19-8-6-5-7-17(19)30-25(32)16(24(31)28-26(30)33)12-27-13-18-21-15(9-10-29(18)2)11-20-22(23(21)34-3)37-14-36-20/h5-8,11-12,18,32H,4,9-10,13-14H2,1-3H3,(H,28,31,33)/t18-/m1/s1. The summed E-state index contributed by atoms with van der Waals surface area (Å²) in [7, 11) is 3.58. The maximum Gasteiger partial charge on any atom is 0.335 e. The number of hydrogen-bond donors (Lipinski definition) is 2. The van der Waals surface area contributed by atoms with Gasteiger partial charge >= 0.3 is 5.69 Å². The number of likely N-dealkylation sites (N-methyl/N-ethyl adjacent to an activating group) is 1. The number of H-pyrrole nitrogens is 1. The maximum atomic E-state index is 12.6. The summed E-state index contributed by atoms with van der Waals surface area (Å²) in [5.41, 5.74) is 0.678. The molecule has 11 nitrogen and oxygen atoms in total. The van der Waals surface area contributed by atoms with Gasteiger partial charge in [-0.05, 0) is 44.2 Å². The van der Waals surface area contributed by atoms with Crippen molar-refractivity contribution in [1.29, 1.82) is 0 Å². The van der Waals surface area contributed by atoms with Crippen LogP contribution in [0.3, 0.4) is 0 Å². The van der Waals surface area contributed by atoms with Gasteiger partial charge in [-0.25, -0.2) is 9.36 Å². The number of aliphatic imine (C=N–C) groups is 1. The highest BCUT2D eigenvalue weighted by molar-refractivity contribution is 5.82. The molecule has 1 aromatic heterocycles. The molecule has 5 rings (SSSR count). The predicted octanol–water partition coefficient (Wildman–Crippen LogP) is 2.02. The number of aromatic nitrogens is 2. The third-order valence-corrected chi connectivity index (χ3v) is 6.57. The third-order valence-electron chi connectivity index (χ3n) is 6.57. The average molecular weight is 509 g/mol. The Morgan fingerprint density at radius 1 is 1.27 bits per heavy atom. The minimum atomic E-state index is -0.784. The second-order valence-electron chi connectivity index (χ2n) is 8.69. The highest BCUT2D eigenvalue weighted by Crippen LogP contribution is 2.49. The number of aromatic hydroxyl groups is 1. The molecular formula is C26H28N4O7. The molecule has 37 heavy (non-hydrogen) atoms. The lowest BCUT2D eigenvalue weighted by atomic mass is 9.91. The van der Waals surface area contributed by atoms with Crippen molar-refractivity contribution < 1.29 is 24.1 Å². The zero-order chi connectivity index (χ0) is 26.1. The average Bonchev–Trinajstić information content (AvgIpc) is 3.35. The van der Waals surface area contributed by atoms with Crippen LogP contribution in [0.15, 0.2) is 44.9 Å². The number of rotatable bonds is 7. The van der Waals surface area contributed by atoms with Crippen molar-refractivity contribution in [2.45, 2.75) is 19.4 Å². The first-order valence-electron chi connectivity index (χ1n) is 11.9. The normalized spacial score (nSPS) is 16.7. The molecule has 3 aromatic rings. The smallest absolute Gasteiger partial charge is 0.335 e. The van der Waals surface area contributed by atoms with Gasteiger partial charge < -0.3 is 24.1 Å². The van der Waals surface area contributed by atoms with Crippen molar-refractivity contribution in [2.24, 2.45) is 4.99 Å². The minimum absolute atomic E-state index is 0.136. The molecule has 0 bridgehead atoms. The van der Waals surface area contributed by atoms with Gasteiger partial charge in [-0.2, -0.15) is 0 Å². The molecular weight excluding hydrogens is 480 g/mol. The summed E-state index contributed by atoms with van der Waals surface area (Å²) in [5.74, 6) is 1.71. The Morgan fingerprint density at radius 2 is 2.08 bits per heavy atom. The van der Waals surface area contributed by atoms with Gasteiger partial charge in [0.1, 0.15) is 11.3 Å². The summed E-state index contributed by atoms with van der Waals surface area (Å²) in [4.78, 5) is 34.2. The van der Waals surface area contributed by atoms with Crippen molar-refractivity contribution in [3.05, 3.63) is 67.9 Å². The second kappa shape index (κ2) is 10.0. The van der Waals surface area contributed by atoms with Crippen LogP contribution in [0.25, 0.3) is 5.69 Å². The van der Waals surface area contributed by atoms with E-state index >= 15 is 0 Å². The van der Waals surface area contributed by atoms with E-state index in [1.807, 2.05) is 20.0 Å². The van der Waals surface area contributed by atoms with Crippen LogP contribution in [0.1, 0.15) is 29.7 Å². The van der Waals surface area contributed by atoms with Gasteiger partial charge in [0.25, 0.3) is 5.56 Å². The van der Waals surface area contributed by atoms with Crippen LogP contribution in [-0.4, -0.2) is 66.4 Å². The SMILES string of the molecule is CCOc1ccccc1-n1c(O)c(C=NC[C@@H]2c3c(cc4c(c3OC)OCO4)CCN2C)c(=O)[nH]c1=O. The number of benzene rings is 2. The highest BCUT2D eigenvalue weighted by Gasteiger charge is 2.33. The number of fused-ring (bicyclic) bond motifs is 2. The summed E-state index contributed by atoms with van der Waals surface area (Å²) < 4.78 is 23.5. The molecule has 0 saturated carbocycles. The molecule has 0 spiro atoms. The van der Waals surface area contributed by atoms with Gasteiger partial charge in [-0.1, -0.05) is 12.1 Å². The lowest BCUT2D eigenvalue weighted by Crippen LogP contribution is -2.34. The van der Waals surface area contributed by atoms with Gasteiger partial charge in [0.05, 0.1) is 32.0 Å². The number of methoxy groups -OCH3 is 1. The van der Waals surface area contributed by atoms with Crippen LogP contribution in [0.5, 0.6) is 28.9 Å². The topological polar surface area (TPSA) is 128 Å². The summed E-state index contributed by atoms with van der Waals surface area (Å²) in [6.45, 7) is 3.38. The van der Waals surface area contributed by atoms with Crippen LogP contribution >= 0.6 is 0 Å². The Bertz CT molecular complexity index is 1480. The number of nitrogens with zero attached hydrogens (tertiary/aromatic N) is 3. The third kappa shape index (κ3) is 4.31. The minimum Gasteiger partial charge on any atom is -0.493 e. The first kappa shape index (κ1) is 24.4. The van der Waals surface area contributed by atoms with Crippen LogP contribution in [0.2, 0.25) is 0 Å². The Morgan fingerprint density at radius 3 is 2.86 bits per heavy atom. The van der Waals surface area contributed by atoms with E-state index in [-0.39, 0.29) is 24.9 Å². The number of aromatic amines is 1. The number of para-hydroxylation sites is 2. The number of hydrogen-bond acceptors (Lipinski definition) is 9. The van der Waals surface area contributed by atoms with Crippen molar-refractivity contribution >= 4 is 6.21 Å². The van der Waals surface area contributed by atoms with Crippen LogP contribution in [0.4, 0.5) is 0 Å². The summed E-state index contributed by atoms with van der Waals surface area (Å²) in [5, 5.41) is 11.0. The first-order chi connectivity index (χ1) is 17.9. The molecule has 2 N–H and O–H groups in total. The van der Waals surface area contributed by atoms with Gasteiger partial charge in [0.15, 0.2) is 11.5 Å². The lowest BCUT2D eigenvalue weighted by molar-refractivity contribution is 0.170. The zero-order valence-electron chi connectivity index (χ0n) is 20.8. The van der Waals surface area contributed by atoms with Gasteiger partial charge in [-0.3, -0.25) is 19.7 Å². The molecule has 2 aliphatic rings. The van der Waals surface area contributed by atoms with Gasteiger partial charge in [0.2, 0.25) is 18.4 Å². The molecule has 1 atom stereocenters. The Labute approximate surface area is 212 Å². The Balaban J connectivity index is 1.51. The van der Waals surface area contributed by atoms with E-state index in [4.69, 9.17) is 18.9 Å². The fourth-order valence-corrected chi connectivity index (χ4v) is 4.80. The fourth-order valence-electron chi connectivity index (χ4n) is 4.80. The van der Waals surface area contributed by atoms with Crippen molar-refractivity contribution in [1.82, 2.24) is 14.5 Å². The van der Waals surface area contributed by atoms with Crippen LogP contribution in [0, 0.1) is 0 Å². The molecule has 0 aliphatic carbocycles. The molecule has 194 valence electrons. The van der Waals surface area contributed by atoms with Gasteiger partial charge in [-0.15, -0.1) is 0 Å². The van der Waals surface area contributed by atoms with E-state index in [1.54, 1.807) is 31.4 Å². The molecule has 0 fully saturated rings. The van der Waals surface area contributed by atoms with E-state index in [9.17, 15) is 14.7 Å². The monoisotopic (exact) mass is 508 g/mol. The van der Waals surface area contributed by atoms with E-state index in [0.29, 0.717) is 35.3 Å². The Kier molecular flexibility index (Phi) is 6.62. The summed E-state index contributed by atoms with van der Waals surface area (Å²) in [6.07, 6.45) is 2.10. The lowest BCUT2D eigenvalue weighted by Gasteiger charge is -2.35. The van der Waals surface area contributed by atoms with Crippen LogP contribution in [-0.2, 0) is 6.42 Å². The zero-order valence-corrected chi connectivity index (χ0v) is 20.8. The quantitative estimate of drug-likeness (QED) is 0.464. The molecule has 3 heterocycles. The largest absolute Gasteiger partial charge is 0.493 e. The molecule has 2 aromatic carbocycles. The maximum absolute atomic E-state index is 12.6. The predicted molar refractivity (Wildman–Crippen MR) is 136 cm³/mol. The van der Waals surface area contributed by atoms with E-state index < -0.39 is 17.1 Å². The second-order valence-corrected chi connectivity index (χ2v) is 8.69. The van der Waals surface area contributed by atoms with E-state index in [0.717, 1.165) is 28.7 Å². The fraction of sp³-hybridized carbons (Fsp3) is 0.346. The molecule has 0 unspecified atom stereocenters. The molecule has 2 aliphatic heterocycles. The van der Waals surface area contributed by atoms with Gasteiger partial charge in [0, 0.05) is 18.3 Å². The summed E-state index contributed by atoms with van der Waals surface area (Å²) in [6, 6.07) is 8.57. The molecule has 0 radical (unpaired) electrons. The van der Waals surface area contributed by atoms with E-state index in [2.05, 4.69) is 14.9 Å². The molecule has 11 heteroatoms. The summed E-state index contributed by atoms with van der Waals surface area (Å²) >= 11 is 0. The van der Waals surface area contributed by atoms with Crippen LogP contribution < -0.4 is 30.2 Å². The number of nitrogens with one attached hydrogen (secondary N) is 1. The Hall–Kier alpha value is -4.25. The highest BCUT2D eigenvalue weighted by atomic mass is 16.7. The molecule has 0 amide bonds. The number of ether oxygens (including phenoxy) is 4. The van der Waals surface area contributed by atoms with Crippen molar-refractivity contribution in [3.63, 3.8) is 0 Å². The van der Waals surface area contributed by atoms with E-state index in [1.165, 1.54) is 6.21 Å².